The zero-order valence-corrected chi connectivity index (χ0v) is 36.1. The van der Waals surface area contributed by atoms with Crippen molar-refractivity contribution in [1.29, 1.82) is 5.26 Å². The number of nitrogens with zero attached hydrogens (tertiary/aromatic N) is 5. The SMILES string of the molecule is [C-]#[N+]c1cc(C#N)cc(-c2c(-n3c4ccccc4c4ccccc43)c(-c3ccccc3)c(-n3c4ccccc4c4ccccc43)c(-c3ccccc3)c2-n2c3ccccc3c3ccccc32)c1. The predicted molar refractivity (Wildman–Crippen MR) is 277 cm³/mol. The highest BCUT2D eigenvalue weighted by Crippen LogP contribution is 2.55. The second-order valence-electron chi connectivity index (χ2n) is 17.0. The molecule has 0 aliphatic carbocycles. The lowest BCUT2D eigenvalue weighted by Gasteiger charge is -2.31. The van der Waals surface area contributed by atoms with Crippen molar-refractivity contribution in [2.75, 3.05) is 0 Å². The molecule has 13 aromatic rings. The minimum atomic E-state index is 0.393. The molecule has 13 rings (SSSR count). The number of para-hydroxylation sites is 6. The molecule has 0 fully saturated rings. The van der Waals surface area contributed by atoms with Crippen LogP contribution < -0.4 is 0 Å². The summed E-state index contributed by atoms with van der Waals surface area (Å²) in [5.74, 6) is 0. The number of nitriles is 1. The van der Waals surface area contributed by atoms with Gasteiger partial charge in [0.25, 0.3) is 0 Å². The van der Waals surface area contributed by atoms with Gasteiger partial charge in [0.05, 0.1) is 62.8 Å². The van der Waals surface area contributed by atoms with Crippen molar-refractivity contribution in [3.8, 4) is 56.5 Å². The predicted octanol–water partition coefficient (Wildman–Crippen LogP) is 16.4. The van der Waals surface area contributed by atoms with Crippen molar-refractivity contribution in [2.24, 2.45) is 0 Å². The molecule has 3 aromatic heterocycles. The summed E-state index contributed by atoms with van der Waals surface area (Å²) in [6.45, 7) is 8.43. The van der Waals surface area contributed by atoms with Crippen LogP contribution in [0.3, 0.4) is 0 Å². The minimum Gasteiger partial charge on any atom is -0.308 e. The number of fused-ring (bicyclic) bond motifs is 9. The van der Waals surface area contributed by atoms with E-state index in [1.165, 1.54) is 0 Å². The van der Waals surface area contributed by atoms with E-state index in [-0.39, 0.29) is 0 Å². The van der Waals surface area contributed by atoms with Crippen molar-refractivity contribution >= 4 is 71.1 Å². The van der Waals surface area contributed by atoms with Crippen LogP contribution in [-0.4, -0.2) is 13.7 Å². The molecule has 0 aliphatic heterocycles. The number of hydrogen-bond donors (Lipinski definition) is 0. The lowest BCUT2D eigenvalue weighted by molar-refractivity contribution is 1.10. The van der Waals surface area contributed by atoms with Crippen molar-refractivity contribution in [2.45, 2.75) is 0 Å². The summed E-state index contributed by atoms with van der Waals surface area (Å²) in [7, 11) is 0. The van der Waals surface area contributed by atoms with Crippen molar-refractivity contribution < 1.29 is 0 Å². The molecule has 0 saturated carbocycles. The molecule has 5 nitrogen and oxygen atoms in total. The number of hydrogen-bond acceptors (Lipinski definition) is 1. The van der Waals surface area contributed by atoms with Gasteiger partial charge in [-0.1, -0.05) is 170 Å². The first-order chi connectivity index (χ1) is 33.2. The van der Waals surface area contributed by atoms with E-state index < -0.39 is 0 Å². The molecule has 310 valence electrons. The van der Waals surface area contributed by atoms with Gasteiger partial charge in [0.2, 0.25) is 0 Å². The molecule has 0 unspecified atom stereocenters. The van der Waals surface area contributed by atoms with Gasteiger partial charge < -0.3 is 13.7 Å². The van der Waals surface area contributed by atoms with E-state index >= 15 is 0 Å². The number of aromatic nitrogens is 3. The van der Waals surface area contributed by atoms with Gasteiger partial charge in [-0.25, -0.2) is 4.85 Å². The molecule has 0 radical (unpaired) electrons. The van der Waals surface area contributed by atoms with Crippen molar-refractivity contribution in [3.63, 3.8) is 0 Å². The average molecular weight is 852 g/mol. The average Bonchev–Trinajstić information content (AvgIpc) is 4.04. The van der Waals surface area contributed by atoms with Crippen LogP contribution in [0.15, 0.2) is 224 Å². The van der Waals surface area contributed by atoms with Crippen molar-refractivity contribution in [3.05, 3.63) is 241 Å². The van der Waals surface area contributed by atoms with E-state index in [2.05, 4.69) is 231 Å². The molecule has 0 amide bonds. The first-order valence-corrected chi connectivity index (χ1v) is 22.5. The Morgan fingerprint density at radius 3 is 0.910 bits per heavy atom. The van der Waals surface area contributed by atoms with Gasteiger partial charge >= 0.3 is 0 Å². The Hall–Kier alpha value is -9.42. The summed E-state index contributed by atoms with van der Waals surface area (Å²) in [6, 6.07) is 81.7. The van der Waals surface area contributed by atoms with Crippen LogP contribution in [0.1, 0.15) is 5.56 Å². The molecular formula is C62H37N5. The fourth-order valence-electron chi connectivity index (χ4n) is 10.8. The highest BCUT2D eigenvalue weighted by Gasteiger charge is 2.34. The van der Waals surface area contributed by atoms with Crippen molar-refractivity contribution in [1.82, 2.24) is 13.7 Å². The lowest BCUT2D eigenvalue weighted by atomic mass is 9.85. The summed E-state index contributed by atoms with van der Waals surface area (Å²) >= 11 is 0. The van der Waals surface area contributed by atoms with Crippen LogP contribution in [-0.2, 0) is 0 Å². The maximum absolute atomic E-state index is 10.8. The molecule has 0 N–H and O–H groups in total. The topological polar surface area (TPSA) is 42.9 Å². The first kappa shape index (κ1) is 38.1. The fraction of sp³-hybridized carbons (Fsp3) is 0. The maximum Gasteiger partial charge on any atom is 0.189 e. The third-order valence-electron chi connectivity index (χ3n) is 13.4. The molecule has 5 heteroatoms. The monoisotopic (exact) mass is 851 g/mol. The lowest BCUT2D eigenvalue weighted by Crippen LogP contribution is -2.13. The molecule has 0 spiro atoms. The Balaban J connectivity index is 1.44. The van der Waals surface area contributed by atoms with Gasteiger partial charge in [-0.3, -0.25) is 0 Å². The Kier molecular flexibility index (Phi) is 8.58. The van der Waals surface area contributed by atoms with Gasteiger partial charge in [-0.15, -0.1) is 0 Å². The second kappa shape index (κ2) is 15.1. The highest BCUT2D eigenvalue weighted by atomic mass is 15.1. The van der Waals surface area contributed by atoms with Crippen LogP contribution in [0.2, 0.25) is 0 Å². The fourth-order valence-corrected chi connectivity index (χ4v) is 10.8. The molecule has 0 saturated heterocycles. The summed E-state index contributed by atoms with van der Waals surface area (Å²) in [5.41, 5.74) is 15.7. The second-order valence-corrected chi connectivity index (χ2v) is 17.0. The highest BCUT2D eigenvalue weighted by molar-refractivity contribution is 6.18. The van der Waals surface area contributed by atoms with Crippen LogP contribution in [0.5, 0.6) is 0 Å². The maximum atomic E-state index is 10.8. The molecule has 3 heterocycles. The van der Waals surface area contributed by atoms with Gasteiger partial charge in [0.15, 0.2) is 5.69 Å². The summed E-state index contributed by atoms with van der Waals surface area (Å²) in [5, 5.41) is 17.6. The Bertz CT molecular complexity index is 3860. The Morgan fingerprint density at radius 1 is 0.328 bits per heavy atom. The zero-order chi connectivity index (χ0) is 44.6. The van der Waals surface area contributed by atoms with Crippen LogP contribution in [0, 0.1) is 17.9 Å². The standard InChI is InChI=1S/C62H37N5/c1-64-44-37-40(39-63)36-43(38-44)59-61(66-53-32-16-10-26-47(53)48-27-11-17-33-54(48)66)57(41-20-4-2-5-21-41)60(65-51-30-14-8-24-45(51)46-25-9-15-31-52(46)65)58(42-22-6-3-7-23-42)62(59)67-55-34-18-12-28-49(55)50-29-13-19-35-56(50)67/h2-38H. The van der Waals surface area contributed by atoms with E-state index in [1.807, 2.05) is 12.1 Å². The normalized spacial score (nSPS) is 11.6. The van der Waals surface area contributed by atoms with E-state index in [0.717, 1.165) is 116 Å². The number of benzene rings is 10. The van der Waals surface area contributed by atoms with Gasteiger partial charge in [0.1, 0.15) is 0 Å². The van der Waals surface area contributed by atoms with Gasteiger partial charge in [-0.2, -0.15) is 5.26 Å². The Morgan fingerprint density at radius 2 is 0.612 bits per heavy atom. The van der Waals surface area contributed by atoms with Gasteiger partial charge in [0, 0.05) is 54.6 Å². The smallest absolute Gasteiger partial charge is 0.189 e. The quantitative estimate of drug-likeness (QED) is 0.154. The first-order valence-electron chi connectivity index (χ1n) is 22.5. The van der Waals surface area contributed by atoms with E-state index in [4.69, 9.17) is 6.57 Å². The largest absolute Gasteiger partial charge is 0.308 e. The van der Waals surface area contributed by atoms with Crippen LogP contribution >= 0.6 is 0 Å². The van der Waals surface area contributed by atoms with Gasteiger partial charge in [-0.05, 0) is 71.3 Å². The third kappa shape index (κ3) is 5.66. The van der Waals surface area contributed by atoms with Crippen LogP contribution in [0.4, 0.5) is 5.69 Å². The summed E-state index contributed by atoms with van der Waals surface area (Å²) in [6.07, 6.45) is 0. The molecule has 0 bridgehead atoms. The molecule has 10 aromatic carbocycles. The summed E-state index contributed by atoms with van der Waals surface area (Å²) < 4.78 is 7.38. The van der Waals surface area contributed by atoms with E-state index in [1.54, 1.807) is 6.07 Å². The molecule has 0 atom stereocenters. The third-order valence-corrected chi connectivity index (χ3v) is 13.4. The van der Waals surface area contributed by atoms with E-state index in [0.29, 0.717) is 11.3 Å². The van der Waals surface area contributed by atoms with E-state index in [9.17, 15) is 5.26 Å². The molecule has 0 aliphatic rings. The summed E-state index contributed by atoms with van der Waals surface area (Å²) in [4.78, 5) is 4.02. The number of rotatable bonds is 6. The zero-order valence-electron chi connectivity index (χ0n) is 36.1. The Labute approximate surface area is 386 Å². The minimum absolute atomic E-state index is 0.393. The molecule has 67 heavy (non-hydrogen) atoms. The molecular weight excluding hydrogens is 815 g/mol. The van der Waals surface area contributed by atoms with Crippen LogP contribution in [0.25, 0.3) is 121 Å².